The summed E-state index contributed by atoms with van der Waals surface area (Å²) in [6, 6.07) is 14.2. The van der Waals surface area contributed by atoms with Gasteiger partial charge in [0.2, 0.25) is 11.8 Å². The Hall–Kier alpha value is -3.38. The van der Waals surface area contributed by atoms with Crippen molar-refractivity contribution in [3.05, 3.63) is 77.5 Å². The quantitative estimate of drug-likeness (QED) is 0.593. The van der Waals surface area contributed by atoms with Crippen LogP contribution in [0.15, 0.2) is 60.8 Å². The molecule has 3 aliphatic heterocycles. The molecule has 3 aliphatic rings. The van der Waals surface area contributed by atoms with E-state index in [0.717, 1.165) is 28.8 Å². The zero-order chi connectivity index (χ0) is 22.7. The van der Waals surface area contributed by atoms with Gasteiger partial charge in [-0.2, -0.15) is 0 Å². The number of hydrogen-bond donors (Lipinski definition) is 2. The summed E-state index contributed by atoms with van der Waals surface area (Å²) in [6.07, 6.45) is 6.39. The summed E-state index contributed by atoms with van der Waals surface area (Å²) in [5.74, 6) is -1.11. The first kappa shape index (κ1) is 20.2. The normalized spacial score (nSPS) is 27.5. The zero-order valence-electron chi connectivity index (χ0n) is 18.8. The third-order valence-corrected chi connectivity index (χ3v) is 7.46. The SMILES string of the molecule is Cc1ccc(C)c(NC(=O)[C@@H]2[C@H]3C(=O)N(CCc4c[nH]c5ccccc45)C[C@@]34C=C[C@H]2O4)c1. The summed E-state index contributed by atoms with van der Waals surface area (Å²) >= 11 is 0. The Morgan fingerprint density at radius 1 is 1.24 bits per heavy atom. The largest absolute Gasteiger partial charge is 0.361 e. The molecule has 6 heteroatoms. The molecule has 2 N–H and O–H groups in total. The van der Waals surface area contributed by atoms with Gasteiger partial charge in [0, 0.05) is 29.3 Å². The fraction of sp³-hybridized carbons (Fsp3) is 0.333. The molecule has 4 heterocycles. The molecular formula is C27H27N3O3. The van der Waals surface area contributed by atoms with Crippen molar-refractivity contribution in [2.45, 2.75) is 32.0 Å². The number of para-hydroxylation sites is 1. The van der Waals surface area contributed by atoms with Crippen LogP contribution in [0.5, 0.6) is 0 Å². The second kappa shape index (κ2) is 7.32. The van der Waals surface area contributed by atoms with Crippen LogP contribution in [0.3, 0.4) is 0 Å². The Bertz CT molecular complexity index is 1310. The van der Waals surface area contributed by atoms with Crippen LogP contribution in [0.1, 0.15) is 16.7 Å². The second-order valence-electron chi connectivity index (χ2n) is 9.58. The van der Waals surface area contributed by atoms with Crippen LogP contribution in [0.25, 0.3) is 10.9 Å². The van der Waals surface area contributed by atoms with Gasteiger partial charge in [0.05, 0.1) is 24.5 Å². The molecule has 0 aliphatic carbocycles. The number of fused-ring (bicyclic) bond motifs is 2. The fourth-order valence-corrected chi connectivity index (χ4v) is 5.75. The highest BCUT2D eigenvalue weighted by Gasteiger charge is 2.66. The Kier molecular flexibility index (Phi) is 4.49. The van der Waals surface area contributed by atoms with Gasteiger partial charge in [-0.15, -0.1) is 0 Å². The van der Waals surface area contributed by atoms with E-state index in [1.54, 1.807) is 0 Å². The van der Waals surface area contributed by atoms with Crippen molar-refractivity contribution in [3.63, 3.8) is 0 Å². The molecule has 6 rings (SSSR count). The van der Waals surface area contributed by atoms with E-state index < -0.39 is 17.4 Å². The number of rotatable bonds is 5. The van der Waals surface area contributed by atoms with Crippen LogP contribution in [0, 0.1) is 25.7 Å². The molecule has 0 unspecified atom stereocenters. The predicted molar refractivity (Wildman–Crippen MR) is 127 cm³/mol. The molecule has 1 spiro atoms. The van der Waals surface area contributed by atoms with E-state index in [2.05, 4.69) is 22.4 Å². The van der Waals surface area contributed by atoms with E-state index in [-0.39, 0.29) is 17.9 Å². The number of benzene rings is 2. The van der Waals surface area contributed by atoms with Gasteiger partial charge in [-0.25, -0.2) is 0 Å². The molecule has 4 atom stereocenters. The van der Waals surface area contributed by atoms with Gasteiger partial charge in [-0.3, -0.25) is 9.59 Å². The standard InChI is InChI=1S/C27H27N3O3/c1-16-7-8-17(2)21(13-16)29-25(31)23-22-9-11-27(33-22)15-30(26(32)24(23)27)12-10-18-14-28-20-6-4-3-5-19(18)20/h3-9,11,13-14,22-24,28H,10,12,15H2,1-2H3,(H,29,31)/t22-,23+,24+,27+/m1/s1. The first-order valence-corrected chi connectivity index (χ1v) is 11.5. The molecule has 6 nitrogen and oxygen atoms in total. The number of ether oxygens (including phenoxy) is 1. The number of anilines is 1. The van der Waals surface area contributed by atoms with Crippen molar-refractivity contribution in [3.8, 4) is 0 Å². The number of carbonyl (C=O) groups excluding carboxylic acids is 2. The molecular weight excluding hydrogens is 414 g/mol. The van der Waals surface area contributed by atoms with E-state index in [4.69, 9.17) is 4.74 Å². The number of H-pyrrole nitrogens is 1. The Morgan fingerprint density at radius 2 is 2.09 bits per heavy atom. The fourth-order valence-electron chi connectivity index (χ4n) is 5.75. The summed E-state index contributed by atoms with van der Waals surface area (Å²) in [5, 5.41) is 4.25. The zero-order valence-corrected chi connectivity index (χ0v) is 18.8. The van der Waals surface area contributed by atoms with Crippen molar-refractivity contribution < 1.29 is 14.3 Å². The van der Waals surface area contributed by atoms with Crippen LogP contribution in [0.2, 0.25) is 0 Å². The van der Waals surface area contributed by atoms with Gasteiger partial charge in [0.25, 0.3) is 0 Å². The lowest BCUT2D eigenvalue weighted by Crippen LogP contribution is -2.41. The molecule has 0 radical (unpaired) electrons. The van der Waals surface area contributed by atoms with E-state index in [0.29, 0.717) is 13.1 Å². The van der Waals surface area contributed by atoms with E-state index in [9.17, 15) is 9.59 Å². The van der Waals surface area contributed by atoms with Gasteiger partial charge in [0.1, 0.15) is 5.60 Å². The smallest absolute Gasteiger partial charge is 0.231 e. The first-order valence-electron chi connectivity index (χ1n) is 11.5. The van der Waals surface area contributed by atoms with Gasteiger partial charge >= 0.3 is 0 Å². The Morgan fingerprint density at radius 3 is 2.97 bits per heavy atom. The van der Waals surface area contributed by atoms with Crippen LogP contribution in [0.4, 0.5) is 5.69 Å². The van der Waals surface area contributed by atoms with Crippen LogP contribution in [-0.2, 0) is 20.7 Å². The van der Waals surface area contributed by atoms with Crippen molar-refractivity contribution >= 4 is 28.4 Å². The Balaban J connectivity index is 1.21. The molecule has 2 aromatic carbocycles. The molecule has 1 aromatic heterocycles. The maximum Gasteiger partial charge on any atom is 0.231 e. The maximum atomic E-state index is 13.5. The van der Waals surface area contributed by atoms with Crippen molar-refractivity contribution in [2.75, 3.05) is 18.4 Å². The lowest BCUT2D eigenvalue weighted by molar-refractivity contribution is -0.135. The number of aryl methyl sites for hydroxylation is 2. The molecule has 2 fully saturated rings. The third-order valence-electron chi connectivity index (χ3n) is 7.46. The summed E-state index contributed by atoms with van der Waals surface area (Å²) in [7, 11) is 0. The Labute approximate surface area is 192 Å². The lowest BCUT2D eigenvalue weighted by atomic mass is 9.76. The maximum absolute atomic E-state index is 13.5. The molecule has 2 saturated heterocycles. The number of hydrogen-bond acceptors (Lipinski definition) is 3. The molecule has 2 amide bonds. The highest BCUT2D eigenvalue weighted by molar-refractivity contribution is 5.99. The minimum atomic E-state index is -0.689. The average Bonchev–Trinajstić information content (AvgIpc) is 3.54. The topological polar surface area (TPSA) is 74.4 Å². The van der Waals surface area contributed by atoms with Gasteiger partial charge in [-0.1, -0.05) is 42.5 Å². The monoisotopic (exact) mass is 441 g/mol. The van der Waals surface area contributed by atoms with Gasteiger partial charge in [-0.05, 0) is 49.1 Å². The van der Waals surface area contributed by atoms with E-state index >= 15 is 0 Å². The number of likely N-dealkylation sites (tertiary alicyclic amines) is 1. The van der Waals surface area contributed by atoms with Crippen LogP contribution >= 0.6 is 0 Å². The minimum Gasteiger partial charge on any atom is -0.361 e. The number of carbonyl (C=O) groups is 2. The average molecular weight is 442 g/mol. The minimum absolute atomic E-state index is 0.0165. The second-order valence-corrected chi connectivity index (χ2v) is 9.58. The number of aromatic nitrogens is 1. The summed E-state index contributed by atoms with van der Waals surface area (Å²) < 4.78 is 6.28. The summed E-state index contributed by atoms with van der Waals surface area (Å²) in [6.45, 7) is 5.08. The molecule has 33 heavy (non-hydrogen) atoms. The van der Waals surface area contributed by atoms with E-state index in [1.807, 2.05) is 67.4 Å². The molecule has 2 bridgehead atoms. The van der Waals surface area contributed by atoms with Crippen molar-refractivity contribution in [1.29, 1.82) is 0 Å². The predicted octanol–water partition coefficient (Wildman–Crippen LogP) is 3.75. The highest BCUT2D eigenvalue weighted by atomic mass is 16.5. The van der Waals surface area contributed by atoms with Crippen LogP contribution in [-0.4, -0.2) is 46.5 Å². The lowest BCUT2D eigenvalue weighted by Gasteiger charge is -2.24. The van der Waals surface area contributed by atoms with E-state index in [1.165, 1.54) is 10.9 Å². The first-order chi connectivity index (χ1) is 15.9. The van der Waals surface area contributed by atoms with Gasteiger partial charge in [0.15, 0.2) is 0 Å². The van der Waals surface area contributed by atoms with Crippen LogP contribution < -0.4 is 5.32 Å². The van der Waals surface area contributed by atoms with Crippen molar-refractivity contribution in [1.82, 2.24) is 9.88 Å². The number of amides is 2. The van der Waals surface area contributed by atoms with Crippen molar-refractivity contribution in [2.24, 2.45) is 11.8 Å². The highest BCUT2D eigenvalue weighted by Crippen LogP contribution is 2.52. The molecule has 3 aromatic rings. The molecule has 0 saturated carbocycles. The number of nitrogens with zero attached hydrogens (tertiary/aromatic N) is 1. The molecule has 168 valence electrons. The van der Waals surface area contributed by atoms with Gasteiger partial charge < -0.3 is 19.9 Å². The number of nitrogens with one attached hydrogen (secondary N) is 2. The number of aromatic amines is 1. The summed E-state index contributed by atoms with van der Waals surface area (Å²) in [5.41, 5.74) is 4.48. The summed E-state index contributed by atoms with van der Waals surface area (Å²) in [4.78, 5) is 32.0. The third kappa shape index (κ3) is 3.12.